The molecule has 5 nitrogen and oxygen atoms in total. The van der Waals surface area contributed by atoms with Gasteiger partial charge in [0.2, 0.25) is 5.91 Å². The third-order valence-electron chi connectivity index (χ3n) is 2.47. The van der Waals surface area contributed by atoms with E-state index in [4.69, 9.17) is 0 Å². The van der Waals surface area contributed by atoms with E-state index in [0.717, 1.165) is 6.42 Å². The lowest BCUT2D eigenvalue weighted by molar-refractivity contribution is -0.114. The van der Waals surface area contributed by atoms with Gasteiger partial charge in [-0.2, -0.15) is 0 Å². The van der Waals surface area contributed by atoms with Crippen LogP contribution in [0.15, 0.2) is 24.3 Å². The summed E-state index contributed by atoms with van der Waals surface area (Å²) < 4.78 is 0. The third kappa shape index (κ3) is 6.45. The Morgan fingerprint density at radius 1 is 1.05 bits per heavy atom. The van der Waals surface area contributed by atoms with Crippen LogP contribution in [-0.2, 0) is 4.79 Å². The predicted molar refractivity (Wildman–Crippen MR) is 77.2 cm³/mol. The van der Waals surface area contributed by atoms with Crippen molar-refractivity contribution in [2.24, 2.45) is 5.92 Å². The summed E-state index contributed by atoms with van der Waals surface area (Å²) in [6, 6.07) is 6.75. The van der Waals surface area contributed by atoms with Gasteiger partial charge in [0.05, 0.1) is 0 Å². The van der Waals surface area contributed by atoms with Crippen molar-refractivity contribution in [1.82, 2.24) is 5.32 Å². The minimum Gasteiger partial charge on any atom is -0.338 e. The molecule has 0 aliphatic carbocycles. The molecule has 5 heteroatoms. The second kappa shape index (κ2) is 7.41. The monoisotopic (exact) mass is 263 g/mol. The topological polar surface area (TPSA) is 70.2 Å². The molecule has 1 aromatic carbocycles. The largest absolute Gasteiger partial charge is 0.338 e. The van der Waals surface area contributed by atoms with Crippen molar-refractivity contribution in [2.75, 3.05) is 17.2 Å². The fourth-order valence-corrected chi connectivity index (χ4v) is 1.49. The van der Waals surface area contributed by atoms with Crippen LogP contribution in [0.25, 0.3) is 0 Å². The van der Waals surface area contributed by atoms with Gasteiger partial charge in [-0.05, 0) is 36.6 Å². The van der Waals surface area contributed by atoms with Crippen LogP contribution in [0, 0.1) is 5.92 Å². The van der Waals surface area contributed by atoms with E-state index in [0.29, 0.717) is 23.8 Å². The maximum Gasteiger partial charge on any atom is 0.319 e. The van der Waals surface area contributed by atoms with E-state index in [-0.39, 0.29) is 11.9 Å². The van der Waals surface area contributed by atoms with E-state index >= 15 is 0 Å². The Morgan fingerprint density at radius 3 is 2.05 bits per heavy atom. The molecule has 104 valence electrons. The second-order valence-electron chi connectivity index (χ2n) is 4.82. The Hall–Kier alpha value is -2.04. The van der Waals surface area contributed by atoms with Crippen LogP contribution >= 0.6 is 0 Å². The van der Waals surface area contributed by atoms with Crippen LogP contribution < -0.4 is 16.0 Å². The molecule has 0 aliphatic rings. The molecule has 3 N–H and O–H groups in total. The molecule has 0 saturated carbocycles. The lowest BCUT2D eigenvalue weighted by atomic mass is 10.1. The van der Waals surface area contributed by atoms with Gasteiger partial charge in [0.25, 0.3) is 0 Å². The number of rotatable bonds is 5. The molecule has 0 unspecified atom stereocenters. The van der Waals surface area contributed by atoms with E-state index in [1.807, 2.05) is 0 Å². The molecule has 0 aromatic heterocycles. The van der Waals surface area contributed by atoms with Crippen molar-refractivity contribution in [3.05, 3.63) is 24.3 Å². The zero-order chi connectivity index (χ0) is 14.3. The molecular weight excluding hydrogens is 242 g/mol. The van der Waals surface area contributed by atoms with E-state index in [2.05, 4.69) is 29.8 Å². The standard InChI is InChI=1S/C14H21N3O2/c1-10(2)8-9-15-14(19)17-13-6-4-12(5-7-13)16-11(3)18/h4-7,10H,8-9H2,1-3H3,(H,16,18)(H2,15,17,19). The first-order valence-corrected chi connectivity index (χ1v) is 6.40. The SMILES string of the molecule is CC(=O)Nc1ccc(NC(=O)NCCC(C)C)cc1. The number of carbonyl (C=O) groups excluding carboxylic acids is 2. The average molecular weight is 263 g/mol. The minimum absolute atomic E-state index is 0.118. The molecule has 0 aliphatic heterocycles. The Labute approximate surface area is 113 Å². The molecule has 0 heterocycles. The first-order valence-electron chi connectivity index (χ1n) is 6.40. The molecule has 1 rings (SSSR count). The molecule has 1 aromatic rings. The summed E-state index contributed by atoms with van der Waals surface area (Å²) in [6.45, 7) is 6.34. The molecule has 0 fully saturated rings. The Morgan fingerprint density at radius 2 is 1.58 bits per heavy atom. The maximum atomic E-state index is 11.6. The summed E-state index contributed by atoms with van der Waals surface area (Å²) in [5.74, 6) is 0.448. The molecular formula is C14H21N3O2. The summed E-state index contributed by atoms with van der Waals surface area (Å²) >= 11 is 0. The van der Waals surface area contributed by atoms with Crippen LogP contribution in [-0.4, -0.2) is 18.5 Å². The van der Waals surface area contributed by atoms with Crippen molar-refractivity contribution >= 4 is 23.3 Å². The quantitative estimate of drug-likeness (QED) is 0.764. The van der Waals surface area contributed by atoms with Gasteiger partial charge in [-0.3, -0.25) is 4.79 Å². The molecule has 19 heavy (non-hydrogen) atoms. The van der Waals surface area contributed by atoms with Crippen molar-refractivity contribution in [3.8, 4) is 0 Å². The fraction of sp³-hybridized carbons (Fsp3) is 0.429. The summed E-state index contributed by atoms with van der Waals surface area (Å²) in [5.41, 5.74) is 1.40. The van der Waals surface area contributed by atoms with Gasteiger partial charge in [0, 0.05) is 24.8 Å². The molecule has 0 radical (unpaired) electrons. The van der Waals surface area contributed by atoms with E-state index in [1.54, 1.807) is 24.3 Å². The zero-order valence-corrected chi connectivity index (χ0v) is 11.6. The van der Waals surface area contributed by atoms with E-state index < -0.39 is 0 Å². The molecule has 0 spiro atoms. The van der Waals surface area contributed by atoms with Gasteiger partial charge in [-0.25, -0.2) is 4.79 Å². The fourth-order valence-electron chi connectivity index (χ4n) is 1.49. The van der Waals surface area contributed by atoms with Gasteiger partial charge in [0.15, 0.2) is 0 Å². The highest BCUT2D eigenvalue weighted by atomic mass is 16.2. The van der Waals surface area contributed by atoms with Gasteiger partial charge in [-0.1, -0.05) is 13.8 Å². The molecule has 0 saturated heterocycles. The van der Waals surface area contributed by atoms with E-state index in [9.17, 15) is 9.59 Å². The first kappa shape index (κ1) is 15.0. The lowest BCUT2D eigenvalue weighted by Crippen LogP contribution is -2.30. The van der Waals surface area contributed by atoms with Crippen LogP contribution in [0.4, 0.5) is 16.2 Å². The Kier molecular flexibility index (Phi) is 5.85. The summed E-state index contributed by atoms with van der Waals surface area (Å²) in [6.07, 6.45) is 0.953. The van der Waals surface area contributed by atoms with Gasteiger partial charge in [-0.15, -0.1) is 0 Å². The van der Waals surface area contributed by atoms with Gasteiger partial charge in [0.1, 0.15) is 0 Å². The normalized spacial score (nSPS) is 10.1. The van der Waals surface area contributed by atoms with Gasteiger partial charge >= 0.3 is 6.03 Å². The Bertz CT molecular complexity index is 427. The summed E-state index contributed by atoms with van der Waals surface area (Å²) in [7, 11) is 0. The highest BCUT2D eigenvalue weighted by Gasteiger charge is 2.02. The highest BCUT2D eigenvalue weighted by molar-refractivity contribution is 5.91. The number of urea groups is 1. The number of hydrogen-bond acceptors (Lipinski definition) is 2. The number of benzene rings is 1. The van der Waals surface area contributed by atoms with Crippen molar-refractivity contribution in [3.63, 3.8) is 0 Å². The smallest absolute Gasteiger partial charge is 0.319 e. The van der Waals surface area contributed by atoms with Crippen molar-refractivity contribution < 1.29 is 9.59 Å². The number of hydrogen-bond donors (Lipinski definition) is 3. The summed E-state index contributed by atoms with van der Waals surface area (Å²) in [5, 5.41) is 8.19. The predicted octanol–water partition coefficient (Wildman–Crippen LogP) is 2.81. The lowest BCUT2D eigenvalue weighted by Gasteiger charge is -2.09. The highest BCUT2D eigenvalue weighted by Crippen LogP contribution is 2.13. The first-order chi connectivity index (χ1) is 8.97. The zero-order valence-electron chi connectivity index (χ0n) is 11.6. The van der Waals surface area contributed by atoms with Crippen LogP contribution in [0.1, 0.15) is 27.2 Å². The molecule has 3 amide bonds. The number of amides is 3. The third-order valence-corrected chi connectivity index (χ3v) is 2.47. The van der Waals surface area contributed by atoms with Gasteiger partial charge < -0.3 is 16.0 Å². The van der Waals surface area contributed by atoms with Crippen LogP contribution in [0.5, 0.6) is 0 Å². The van der Waals surface area contributed by atoms with Crippen molar-refractivity contribution in [2.45, 2.75) is 27.2 Å². The number of anilines is 2. The Balaban J connectivity index is 2.40. The number of carbonyl (C=O) groups is 2. The minimum atomic E-state index is -0.215. The van der Waals surface area contributed by atoms with E-state index in [1.165, 1.54) is 6.92 Å². The number of nitrogens with one attached hydrogen (secondary N) is 3. The second-order valence-corrected chi connectivity index (χ2v) is 4.82. The van der Waals surface area contributed by atoms with Crippen LogP contribution in [0.3, 0.4) is 0 Å². The van der Waals surface area contributed by atoms with Crippen molar-refractivity contribution in [1.29, 1.82) is 0 Å². The average Bonchev–Trinajstić information content (AvgIpc) is 2.30. The summed E-state index contributed by atoms with van der Waals surface area (Å²) in [4.78, 5) is 22.4. The molecule has 0 bridgehead atoms. The molecule has 0 atom stereocenters. The maximum absolute atomic E-state index is 11.6. The van der Waals surface area contributed by atoms with Crippen LogP contribution in [0.2, 0.25) is 0 Å².